The molecule has 0 saturated carbocycles. The van der Waals surface area contributed by atoms with E-state index in [2.05, 4.69) is 0 Å². The summed E-state index contributed by atoms with van der Waals surface area (Å²) >= 11 is 0. The van der Waals surface area contributed by atoms with E-state index in [1.165, 1.54) is 4.57 Å². The van der Waals surface area contributed by atoms with Crippen LogP contribution in [-0.2, 0) is 22.6 Å². The number of fused-ring (bicyclic) bond motifs is 1. The van der Waals surface area contributed by atoms with Gasteiger partial charge in [-0.05, 0) is 38.4 Å². The molecule has 0 unspecified atom stereocenters. The number of unbranched alkanes of at least 4 members (excludes halogenated alkanes) is 1. The van der Waals surface area contributed by atoms with E-state index < -0.39 is 11.7 Å². The van der Waals surface area contributed by atoms with Crippen LogP contribution in [-0.4, -0.2) is 28.3 Å². The van der Waals surface area contributed by atoms with E-state index in [4.69, 9.17) is 10.5 Å². The quantitative estimate of drug-likeness (QED) is 0.591. The van der Waals surface area contributed by atoms with E-state index in [-0.39, 0.29) is 25.3 Å². The molecule has 2 aromatic rings. The maximum Gasteiger partial charge on any atom is 0.332 e. The van der Waals surface area contributed by atoms with Gasteiger partial charge in [-0.25, -0.2) is 4.79 Å². The first-order valence-corrected chi connectivity index (χ1v) is 7.68. The Morgan fingerprint density at radius 2 is 1.91 bits per heavy atom. The van der Waals surface area contributed by atoms with Crippen molar-refractivity contribution in [1.29, 1.82) is 0 Å². The van der Waals surface area contributed by atoms with E-state index in [0.29, 0.717) is 23.9 Å². The molecular weight excluding hydrogens is 298 g/mol. The van der Waals surface area contributed by atoms with Gasteiger partial charge in [0, 0.05) is 6.54 Å². The van der Waals surface area contributed by atoms with Crippen molar-refractivity contribution in [3.63, 3.8) is 0 Å². The molecule has 0 radical (unpaired) electrons. The lowest BCUT2D eigenvalue weighted by molar-refractivity contribution is -0.143. The lowest BCUT2D eigenvalue weighted by atomic mass is 10.2. The van der Waals surface area contributed by atoms with Gasteiger partial charge in [0.25, 0.3) is 5.56 Å². The monoisotopic (exact) mass is 319 g/mol. The van der Waals surface area contributed by atoms with E-state index in [1.807, 2.05) is 0 Å². The number of carbonyl (C=O) groups is 1. The highest BCUT2D eigenvalue weighted by molar-refractivity contribution is 5.79. The first-order chi connectivity index (χ1) is 11.1. The maximum atomic E-state index is 12.6. The van der Waals surface area contributed by atoms with Gasteiger partial charge in [0.05, 0.1) is 17.5 Å². The summed E-state index contributed by atoms with van der Waals surface area (Å²) in [6, 6.07) is 6.76. The van der Waals surface area contributed by atoms with E-state index in [1.54, 1.807) is 31.2 Å². The summed E-state index contributed by atoms with van der Waals surface area (Å²) in [4.78, 5) is 36.9. The molecule has 0 aliphatic carbocycles. The highest BCUT2D eigenvalue weighted by atomic mass is 16.5. The minimum absolute atomic E-state index is 0.218. The summed E-state index contributed by atoms with van der Waals surface area (Å²) in [5, 5.41) is 0.407. The molecule has 7 heteroatoms. The summed E-state index contributed by atoms with van der Waals surface area (Å²) in [6.45, 7) is 2.50. The number of aromatic nitrogens is 2. The molecule has 0 aliphatic heterocycles. The summed E-state index contributed by atoms with van der Waals surface area (Å²) < 4.78 is 7.37. The minimum Gasteiger partial charge on any atom is -0.465 e. The average Bonchev–Trinajstić information content (AvgIpc) is 2.55. The van der Waals surface area contributed by atoms with Crippen molar-refractivity contribution in [3.8, 4) is 0 Å². The second kappa shape index (κ2) is 7.73. The lowest BCUT2D eigenvalue weighted by Crippen LogP contribution is -2.41. The largest absolute Gasteiger partial charge is 0.465 e. The Kier molecular flexibility index (Phi) is 5.70. The summed E-state index contributed by atoms with van der Waals surface area (Å²) in [6.07, 6.45) is 1.35. The zero-order valence-electron chi connectivity index (χ0n) is 13.2. The zero-order chi connectivity index (χ0) is 16.8. The Morgan fingerprint density at radius 3 is 2.61 bits per heavy atom. The number of nitrogens with two attached hydrogens (primary N) is 1. The van der Waals surface area contributed by atoms with Gasteiger partial charge in [-0.3, -0.25) is 18.7 Å². The standard InChI is InChI=1S/C16H21N3O4/c1-2-23-14(20)11-19-13-8-4-3-7-12(13)15(21)18(16(19)22)10-6-5-9-17/h3-4,7-8H,2,5-6,9-11,17H2,1H3. The second-order valence-electron chi connectivity index (χ2n) is 5.14. The summed E-state index contributed by atoms with van der Waals surface area (Å²) in [7, 11) is 0. The molecule has 0 saturated heterocycles. The van der Waals surface area contributed by atoms with E-state index in [0.717, 1.165) is 11.0 Å². The van der Waals surface area contributed by atoms with Crippen LogP contribution in [0.1, 0.15) is 19.8 Å². The highest BCUT2D eigenvalue weighted by Crippen LogP contribution is 2.08. The molecule has 0 aliphatic rings. The maximum absolute atomic E-state index is 12.6. The van der Waals surface area contributed by atoms with Crippen LogP contribution in [0.5, 0.6) is 0 Å². The van der Waals surface area contributed by atoms with Crippen LogP contribution >= 0.6 is 0 Å². The molecule has 23 heavy (non-hydrogen) atoms. The van der Waals surface area contributed by atoms with Crippen LogP contribution in [0, 0.1) is 0 Å². The summed E-state index contributed by atoms with van der Waals surface area (Å²) in [5.74, 6) is -0.507. The Labute approximate surface area is 133 Å². The van der Waals surface area contributed by atoms with Crippen LogP contribution in [0.4, 0.5) is 0 Å². The fourth-order valence-corrected chi connectivity index (χ4v) is 2.47. The van der Waals surface area contributed by atoms with Crippen LogP contribution in [0.25, 0.3) is 10.9 Å². The first-order valence-electron chi connectivity index (χ1n) is 7.68. The highest BCUT2D eigenvalue weighted by Gasteiger charge is 2.15. The van der Waals surface area contributed by atoms with Crippen molar-refractivity contribution in [3.05, 3.63) is 45.1 Å². The number of benzene rings is 1. The predicted octanol–water partition coefficient (Wildman–Crippen LogP) is 0.465. The molecule has 1 heterocycles. The molecule has 2 N–H and O–H groups in total. The van der Waals surface area contributed by atoms with Crippen LogP contribution in [0.3, 0.4) is 0 Å². The predicted molar refractivity (Wildman–Crippen MR) is 87.4 cm³/mol. The van der Waals surface area contributed by atoms with Gasteiger partial charge < -0.3 is 10.5 Å². The minimum atomic E-state index is -0.507. The third kappa shape index (κ3) is 3.68. The van der Waals surface area contributed by atoms with Crippen molar-refractivity contribution < 1.29 is 9.53 Å². The van der Waals surface area contributed by atoms with Gasteiger partial charge in [-0.1, -0.05) is 12.1 Å². The second-order valence-corrected chi connectivity index (χ2v) is 5.14. The van der Waals surface area contributed by atoms with E-state index in [9.17, 15) is 14.4 Å². The van der Waals surface area contributed by atoms with Crippen molar-refractivity contribution in [2.45, 2.75) is 32.9 Å². The van der Waals surface area contributed by atoms with Crippen LogP contribution in [0.15, 0.2) is 33.9 Å². The topological polar surface area (TPSA) is 96.3 Å². The summed E-state index contributed by atoms with van der Waals surface area (Å²) in [5.41, 5.74) is 5.05. The number of hydrogen-bond donors (Lipinski definition) is 1. The fraction of sp³-hybridized carbons (Fsp3) is 0.438. The molecule has 1 aromatic heterocycles. The molecule has 0 amide bonds. The van der Waals surface area contributed by atoms with Crippen LogP contribution < -0.4 is 17.0 Å². The molecule has 0 atom stereocenters. The van der Waals surface area contributed by atoms with Gasteiger partial charge in [0.1, 0.15) is 6.54 Å². The molecule has 2 rings (SSSR count). The molecular formula is C16H21N3O4. The van der Waals surface area contributed by atoms with Gasteiger partial charge in [0.15, 0.2) is 0 Å². The fourth-order valence-electron chi connectivity index (χ4n) is 2.47. The molecule has 1 aromatic carbocycles. The smallest absolute Gasteiger partial charge is 0.332 e. The number of ether oxygens (including phenoxy) is 1. The van der Waals surface area contributed by atoms with Gasteiger partial charge in [-0.2, -0.15) is 0 Å². The number of para-hydroxylation sites is 1. The van der Waals surface area contributed by atoms with Gasteiger partial charge in [0.2, 0.25) is 0 Å². The van der Waals surface area contributed by atoms with E-state index >= 15 is 0 Å². The Hall–Kier alpha value is -2.41. The first kappa shape index (κ1) is 17.0. The van der Waals surface area contributed by atoms with Crippen molar-refractivity contribution >= 4 is 16.9 Å². The molecule has 0 bridgehead atoms. The third-order valence-corrected chi connectivity index (χ3v) is 3.56. The molecule has 0 fully saturated rings. The Bertz CT molecular complexity index is 807. The Morgan fingerprint density at radius 1 is 1.17 bits per heavy atom. The van der Waals surface area contributed by atoms with Gasteiger partial charge >= 0.3 is 11.7 Å². The average molecular weight is 319 g/mol. The van der Waals surface area contributed by atoms with Gasteiger partial charge in [-0.15, -0.1) is 0 Å². The number of hydrogen-bond acceptors (Lipinski definition) is 5. The normalized spacial score (nSPS) is 10.9. The van der Waals surface area contributed by atoms with Crippen LogP contribution in [0.2, 0.25) is 0 Å². The SMILES string of the molecule is CCOC(=O)Cn1c(=O)n(CCCCN)c(=O)c2ccccc21. The van der Waals surface area contributed by atoms with Crippen molar-refractivity contribution in [1.82, 2.24) is 9.13 Å². The number of rotatable bonds is 7. The number of nitrogens with zero attached hydrogens (tertiary/aromatic N) is 2. The third-order valence-electron chi connectivity index (χ3n) is 3.56. The Balaban J connectivity index is 2.57. The number of carbonyl (C=O) groups excluding carboxylic acids is 1. The molecule has 124 valence electrons. The molecule has 0 spiro atoms. The van der Waals surface area contributed by atoms with Crippen molar-refractivity contribution in [2.75, 3.05) is 13.2 Å². The lowest BCUT2D eigenvalue weighted by Gasteiger charge is -2.13. The molecule has 7 nitrogen and oxygen atoms in total. The van der Waals surface area contributed by atoms with Crippen molar-refractivity contribution in [2.24, 2.45) is 5.73 Å². The zero-order valence-corrected chi connectivity index (χ0v) is 13.2. The number of esters is 1.